The van der Waals surface area contributed by atoms with E-state index in [1.165, 1.54) is 97.4 Å². The molecular weight excluding hydrogens is 637 g/mol. The summed E-state index contributed by atoms with van der Waals surface area (Å²) in [5.74, 6) is 0. The maximum atomic E-state index is 2.47. The molecule has 0 bridgehead atoms. The van der Waals surface area contributed by atoms with Gasteiger partial charge >= 0.3 is 0 Å². The van der Waals surface area contributed by atoms with Gasteiger partial charge in [0.2, 0.25) is 0 Å². The Hall–Kier alpha value is -6.42. The number of benzene rings is 8. The van der Waals surface area contributed by atoms with Gasteiger partial charge < -0.3 is 9.13 Å². The molecule has 0 radical (unpaired) electrons. The van der Waals surface area contributed by atoms with Crippen LogP contribution < -0.4 is 0 Å². The Morgan fingerprint density at radius 2 is 0.961 bits per heavy atom. The summed E-state index contributed by atoms with van der Waals surface area (Å²) in [6, 6.07) is 66.6. The van der Waals surface area contributed by atoms with Crippen LogP contribution in [-0.4, -0.2) is 9.13 Å². The Bertz CT molecular complexity index is 3130. The van der Waals surface area contributed by atoms with Gasteiger partial charge in [0, 0.05) is 64.2 Å². The number of nitrogens with zero attached hydrogens (tertiary/aromatic N) is 2. The smallest absolute Gasteiger partial charge is 0.0619 e. The van der Waals surface area contributed by atoms with Gasteiger partial charge in [-0.2, -0.15) is 0 Å². The average molecular weight is 667 g/mol. The summed E-state index contributed by atoms with van der Waals surface area (Å²) in [5, 5.41) is 7.64. The minimum Gasteiger partial charge on any atom is -0.309 e. The molecule has 11 rings (SSSR count). The summed E-state index contributed by atoms with van der Waals surface area (Å²) in [4.78, 5) is 0. The Morgan fingerprint density at radius 1 is 0.333 bits per heavy atom. The second kappa shape index (κ2) is 11.0. The van der Waals surface area contributed by atoms with E-state index in [0.717, 1.165) is 0 Å². The van der Waals surface area contributed by atoms with Gasteiger partial charge in [0.15, 0.2) is 0 Å². The summed E-state index contributed by atoms with van der Waals surface area (Å²) >= 11 is 1.89. The first-order valence-electron chi connectivity index (χ1n) is 17.4. The zero-order valence-corrected chi connectivity index (χ0v) is 28.4. The van der Waals surface area contributed by atoms with Crippen molar-refractivity contribution in [1.29, 1.82) is 0 Å². The van der Waals surface area contributed by atoms with Gasteiger partial charge in [0.25, 0.3) is 0 Å². The monoisotopic (exact) mass is 666 g/mol. The van der Waals surface area contributed by atoms with Gasteiger partial charge in [0.05, 0.1) is 22.1 Å². The van der Waals surface area contributed by atoms with E-state index in [9.17, 15) is 0 Å². The highest BCUT2D eigenvalue weighted by molar-refractivity contribution is 7.26. The molecule has 11 aromatic rings. The Balaban J connectivity index is 1.19. The van der Waals surface area contributed by atoms with Crippen molar-refractivity contribution < 1.29 is 0 Å². The highest BCUT2D eigenvalue weighted by Crippen LogP contribution is 2.44. The fourth-order valence-electron chi connectivity index (χ4n) is 8.29. The van der Waals surface area contributed by atoms with Gasteiger partial charge in [-0.3, -0.25) is 0 Å². The van der Waals surface area contributed by atoms with Crippen LogP contribution in [0, 0.1) is 0 Å². The van der Waals surface area contributed by atoms with Crippen LogP contribution in [0.4, 0.5) is 0 Å². The van der Waals surface area contributed by atoms with E-state index in [0.29, 0.717) is 0 Å². The van der Waals surface area contributed by atoms with Crippen molar-refractivity contribution in [2.24, 2.45) is 0 Å². The van der Waals surface area contributed by atoms with Crippen molar-refractivity contribution in [3.05, 3.63) is 182 Å². The van der Waals surface area contributed by atoms with E-state index in [-0.39, 0.29) is 0 Å². The van der Waals surface area contributed by atoms with Crippen molar-refractivity contribution >= 4 is 75.1 Å². The fourth-order valence-corrected chi connectivity index (χ4v) is 9.51. The van der Waals surface area contributed by atoms with Gasteiger partial charge in [-0.05, 0) is 65.7 Å². The highest BCUT2D eigenvalue weighted by atomic mass is 32.1. The second-order valence-electron chi connectivity index (χ2n) is 13.3. The predicted molar refractivity (Wildman–Crippen MR) is 219 cm³/mol. The Kier molecular flexibility index (Phi) is 6.16. The van der Waals surface area contributed by atoms with E-state index in [1.807, 2.05) is 11.3 Å². The van der Waals surface area contributed by atoms with E-state index in [4.69, 9.17) is 0 Å². The molecule has 51 heavy (non-hydrogen) atoms. The lowest BCUT2D eigenvalue weighted by Gasteiger charge is -2.13. The van der Waals surface area contributed by atoms with Crippen LogP contribution in [0.3, 0.4) is 0 Å². The molecule has 0 N–H and O–H groups in total. The van der Waals surface area contributed by atoms with E-state index < -0.39 is 0 Å². The molecule has 0 saturated heterocycles. The number of aromatic nitrogens is 2. The molecule has 0 unspecified atom stereocenters. The minimum absolute atomic E-state index is 1.17. The van der Waals surface area contributed by atoms with Crippen LogP contribution in [0.1, 0.15) is 0 Å². The lowest BCUT2D eigenvalue weighted by molar-refractivity contribution is 1.18. The first-order valence-corrected chi connectivity index (χ1v) is 18.3. The summed E-state index contributed by atoms with van der Waals surface area (Å²) in [6.45, 7) is 0. The maximum absolute atomic E-state index is 2.47. The van der Waals surface area contributed by atoms with E-state index >= 15 is 0 Å². The first-order chi connectivity index (χ1) is 25.3. The molecule has 238 valence electrons. The number of hydrogen-bond acceptors (Lipinski definition) is 1. The number of rotatable bonds is 4. The third kappa shape index (κ3) is 4.22. The standard InChI is InChI=1S/C48H30N2S/c1-3-14-31(15-4-1)40-29-34(30-42-38-20-9-12-25-46(38)51-48(40)42)49-43-23-10-8-19-37(43)41-28-32(26-27-45(41)49)35-21-13-22-39-36-18-7-11-24-44(36)50(47(35)39)33-16-5-2-6-17-33/h1-30H. The van der Waals surface area contributed by atoms with Crippen molar-refractivity contribution in [3.8, 4) is 33.6 Å². The molecule has 0 fully saturated rings. The van der Waals surface area contributed by atoms with Crippen LogP contribution in [0.25, 0.3) is 97.4 Å². The molecule has 0 aliphatic heterocycles. The number of hydrogen-bond donors (Lipinski definition) is 0. The van der Waals surface area contributed by atoms with Crippen molar-refractivity contribution in [1.82, 2.24) is 9.13 Å². The van der Waals surface area contributed by atoms with Crippen LogP contribution in [0.2, 0.25) is 0 Å². The maximum Gasteiger partial charge on any atom is 0.0619 e. The molecule has 3 heterocycles. The van der Waals surface area contributed by atoms with Gasteiger partial charge in [0.1, 0.15) is 0 Å². The van der Waals surface area contributed by atoms with Crippen molar-refractivity contribution in [2.45, 2.75) is 0 Å². The van der Waals surface area contributed by atoms with Crippen molar-refractivity contribution in [3.63, 3.8) is 0 Å². The quantitative estimate of drug-likeness (QED) is 0.177. The zero-order valence-electron chi connectivity index (χ0n) is 27.6. The van der Waals surface area contributed by atoms with Gasteiger partial charge in [-0.15, -0.1) is 11.3 Å². The molecule has 3 aromatic heterocycles. The largest absolute Gasteiger partial charge is 0.309 e. The predicted octanol–water partition coefficient (Wildman–Crippen LogP) is 13.6. The lowest BCUT2D eigenvalue weighted by atomic mass is 9.99. The Morgan fingerprint density at radius 3 is 1.76 bits per heavy atom. The van der Waals surface area contributed by atoms with Crippen molar-refractivity contribution in [2.75, 3.05) is 0 Å². The summed E-state index contributed by atoms with van der Waals surface area (Å²) in [5.41, 5.74) is 12.1. The fraction of sp³-hybridized carbons (Fsp3) is 0. The topological polar surface area (TPSA) is 9.86 Å². The minimum atomic E-state index is 1.17. The van der Waals surface area contributed by atoms with Gasteiger partial charge in [-0.25, -0.2) is 0 Å². The van der Waals surface area contributed by atoms with Crippen LogP contribution >= 0.6 is 11.3 Å². The molecule has 8 aromatic carbocycles. The van der Waals surface area contributed by atoms with Crippen LogP contribution in [-0.2, 0) is 0 Å². The average Bonchev–Trinajstić information content (AvgIpc) is 3.86. The summed E-state index contributed by atoms with van der Waals surface area (Å²) in [7, 11) is 0. The molecule has 3 heteroatoms. The molecule has 0 aliphatic carbocycles. The lowest BCUT2D eigenvalue weighted by Crippen LogP contribution is -1.96. The number of para-hydroxylation sites is 4. The Labute approximate surface area is 298 Å². The molecule has 0 atom stereocenters. The second-order valence-corrected chi connectivity index (χ2v) is 14.4. The molecule has 0 amide bonds. The van der Waals surface area contributed by atoms with Crippen LogP contribution in [0.5, 0.6) is 0 Å². The first kappa shape index (κ1) is 28.4. The zero-order chi connectivity index (χ0) is 33.5. The molecular formula is C48H30N2S. The van der Waals surface area contributed by atoms with Gasteiger partial charge in [-0.1, -0.05) is 127 Å². The molecule has 2 nitrogen and oxygen atoms in total. The number of fused-ring (bicyclic) bond motifs is 9. The highest BCUT2D eigenvalue weighted by Gasteiger charge is 2.20. The SMILES string of the molecule is c1ccc(-c2cc(-n3c4ccccc4c4cc(-c5cccc6c7ccccc7n(-c7ccccc7)c56)ccc43)cc3c2sc2ccccc23)cc1. The molecule has 0 saturated carbocycles. The summed E-state index contributed by atoms with van der Waals surface area (Å²) in [6.07, 6.45) is 0. The van der Waals surface area contributed by atoms with Crippen LogP contribution in [0.15, 0.2) is 182 Å². The molecule has 0 aliphatic rings. The van der Waals surface area contributed by atoms with E-state index in [2.05, 4.69) is 191 Å². The normalized spacial score (nSPS) is 11.9. The molecule has 0 spiro atoms. The third-order valence-corrected chi connectivity index (χ3v) is 11.7. The van der Waals surface area contributed by atoms with E-state index in [1.54, 1.807) is 0 Å². The third-order valence-electron chi connectivity index (χ3n) is 10.5. The summed E-state index contributed by atoms with van der Waals surface area (Å²) < 4.78 is 7.54. The number of thiophene rings is 1.